The molecule has 0 saturated heterocycles. The zero-order chi connectivity index (χ0) is 17.2. The number of rotatable bonds is 7. The van der Waals surface area contributed by atoms with Crippen molar-refractivity contribution in [3.05, 3.63) is 53.4 Å². The molecule has 1 aromatic heterocycles. The third-order valence-electron chi connectivity index (χ3n) is 3.05. The lowest BCUT2D eigenvalue weighted by Gasteiger charge is -2.05. The van der Waals surface area contributed by atoms with Gasteiger partial charge in [-0.25, -0.2) is 4.79 Å². The molecule has 0 spiro atoms. The number of amides is 2. The van der Waals surface area contributed by atoms with Crippen molar-refractivity contribution in [2.24, 2.45) is 0 Å². The molecular formula is C18H20N2O3S. The molecule has 0 aliphatic rings. The van der Waals surface area contributed by atoms with Gasteiger partial charge >= 0.3 is 6.09 Å². The van der Waals surface area contributed by atoms with E-state index < -0.39 is 6.09 Å². The maximum absolute atomic E-state index is 11.7. The highest BCUT2D eigenvalue weighted by molar-refractivity contribution is 7.16. The Labute approximate surface area is 145 Å². The lowest BCUT2D eigenvalue weighted by atomic mass is 10.2. The molecule has 0 saturated carbocycles. The summed E-state index contributed by atoms with van der Waals surface area (Å²) in [6, 6.07) is 14.1. The molecule has 1 aromatic carbocycles. The van der Waals surface area contributed by atoms with Gasteiger partial charge in [-0.15, -0.1) is 11.3 Å². The number of benzene rings is 1. The van der Waals surface area contributed by atoms with Crippen molar-refractivity contribution in [1.29, 1.82) is 0 Å². The highest BCUT2D eigenvalue weighted by Crippen LogP contribution is 2.28. The summed E-state index contributed by atoms with van der Waals surface area (Å²) in [4.78, 5) is 25.0. The smallest absolute Gasteiger partial charge is 0.407 e. The average Bonchev–Trinajstić information content (AvgIpc) is 3.07. The van der Waals surface area contributed by atoms with E-state index in [2.05, 4.69) is 22.8 Å². The molecule has 0 atom stereocenters. The van der Waals surface area contributed by atoms with Gasteiger partial charge in [-0.2, -0.15) is 0 Å². The van der Waals surface area contributed by atoms with Crippen LogP contribution < -0.4 is 10.6 Å². The number of hydrogen-bond acceptors (Lipinski definition) is 4. The van der Waals surface area contributed by atoms with E-state index in [1.54, 1.807) is 24.3 Å². The molecular weight excluding hydrogens is 324 g/mol. The second-order valence-electron chi connectivity index (χ2n) is 4.84. The van der Waals surface area contributed by atoms with E-state index in [9.17, 15) is 9.59 Å². The Hall–Kier alpha value is -2.60. The molecule has 0 bridgehead atoms. The molecule has 2 aromatic rings. The van der Waals surface area contributed by atoms with Crippen molar-refractivity contribution in [2.75, 3.05) is 19.7 Å². The van der Waals surface area contributed by atoms with Gasteiger partial charge in [0.1, 0.15) is 0 Å². The van der Waals surface area contributed by atoms with E-state index in [-0.39, 0.29) is 5.91 Å². The molecule has 126 valence electrons. The van der Waals surface area contributed by atoms with E-state index in [0.717, 1.165) is 15.3 Å². The zero-order valence-corrected chi connectivity index (χ0v) is 14.3. The molecule has 2 N–H and O–H groups in total. The summed E-state index contributed by atoms with van der Waals surface area (Å²) in [6.07, 6.45) is 2.80. The quantitative estimate of drug-likeness (QED) is 0.598. The molecule has 0 radical (unpaired) electrons. The van der Waals surface area contributed by atoms with Gasteiger partial charge in [0, 0.05) is 28.9 Å². The average molecular weight is 344 g/mol. The van der Waals surface area contributed by atoms with E-state index >= 15 is 0 Å². The topological polar surface area (TPSA) is 67.4 Å². The van der Waals surface area contributed by atoms with Crippen molar-refractivity contribution in [3.8, 4) is 10.4 Å². The molecule has 0 fully saturated rings. The summed E-state index contributed by atoms with van der Waals surface area (Å²) in [5.41, 5.74) is 1.16. The minimum atomic E-state index is -0.477. The molecule has 2 rings (SSSR count). The van der Waals surface area contributed by atoms with Gasteiger partial charge in [0.15, 0.2) is 0 Å². The van der Waals surface area contributed by atoms with Crippen LogP contribution in [0.1, 0.15) is 11.8 Å². The van der Waals surface area contributed by atoms with Crippen LogP contribution in [0.4, 0.5) is 4.79 Å². The summed E-state index contributed by atoms with van der Waals surface area (Å²) in [6.45, 7) is 2.74. The first-order valence-corrected chi connectivity index (χ1v) is 8.52. The van der Waals surface area contributed by atoms with Crippen LogP contribution in [0.2, 0.25) is 0 Å². The van der Waals surface area contributed by atoms with Crippen LogP contribution in [0.5, 0.6) is 0 Å². The SMILES string of the molecule is CCOC(=O)NCCNC(=O)/C=C/c1ccc(-c2ccccc2)s1. The minimum Gasteiger partial charge on any atom is -0.450 e. The summed E-state index contributed by atoms with van der Waals surface area (Å²) in [7, 11) is 0. The van der Waals surface area contributed by atoms with Gasteiger partial charge in [0.25, 0.3) is 0 Å². The van der Waals surface area contributed by atoms with Crippen molar-refractivity contribution >= 4 is 29.4 Å². The maximum Gasteiger partial charge on any atom is 0.407 e. The van der Waals surface area contributed by atoms with Gasteiger partial charge in [0.05, 0.1) is 6.61 Å². The molecule has 5 nitrogen and oxygen atoms in total. The Bertz CT molecular complexity index is 695. The molecule has 24 heavy (non-hydrogen) atoms. The van der Waals surface area contributed by atoms with Crippen LogP contribution in [0.25, 0.3) is 16.5 Å². The Balaban J connectivity index is 1.76. The summed E-state index contributed by atoms with van der Waals surface area (Å²) >= 11 is 1.63. The second-order valence-corrected chi connectivity index (χ2v) is 5.96. The number of carbonyl (C=O) groups is 2. The second kappa shape index (κ2) is 9.52. The molecule has 1 heterocycles. The largest absolute Gasteiger partial charge is 0.450 e. The number of hydrogen-bond donors (Lipinski definition) is 2. The van der Waals surface area contributed by atoms with Gasteiger partial charge in [-0.3, -0.25) is 4.79 Å². The van der Waals surface area contributed by atoms with Crippen molar-refractivity contribution in [2.45, 2.75) is 6.92 Å². The van der Waals surface area contributed by atoms with E-state index in [1.807, 2.05) is 30.3 Å². The number of ether oxygens (including phenoxy) is 1. The number of carbonyl (C=O) groups excluding carboxylic acids is 2. The van der Waals surface area contributed by atoms with Crippen LogP contribution in [-0.4, -0.2) is 31.7 Å². The Morgan fingerprint density at radius 2 is 1.83 bits per heavy atom. The standard InChI is InChI=1S/C18H20N2O3S/c1-2-23-18(22)20-13-12-19-17(21)11-9-15-8-10-16(24-15)14-6-4-3-5-7-14/h3-11H,2,12-13H2,1H3,(H,19,21)(H,20,22)/b11-9+. The van der Waals surface area contributed by atoms with Gasteiger partial charge in [0.2, 0.25) is 5.91 Å². The minimum absolute atomic E-state index is 0.199. The molecule has 0 aliphatic heterocycles. The van der Waals surface area contributed by atoms with E-state index in [0.29, 0.717) is 19.7 Å². The normalized spacial score (nSPS) is 10.5. The third kappa shape index (κ3) is 5.89. The van der Waals surface area contributed by atoms with Crippen molar-refractivity contribution in [1.82, 2.24) is 10.6 Å². The van der Waals surface area contributed by atoms with Gasteiger partial charge in [-0.1, -0.05) is 30.3 Å². The first kappa shape index (κ1) is 17.7. The fourth-order valence-electron chi connectivity index (χ4n) is 1.95. The van der Waals surface area contributed by atoms with Crippen LogP contribution in [0, 0.1) is 0 Å². The predicted molar refractivity (Wildman–Crippen MR) is 96.8 cm³/mol. The monoisotopic (exact) mass is 344 g/mol. The van der Waals surface area contributed by atoms with E-state index in [1.165, 1.54) is 6.08 Å². The van der Waals surface area contributed by atoms with Crippen LogP contribution >= 0.6 is 11.3 Å². The molecule has 6 heteroatoms. The Morgan fingerprint density at radius 3 is 2.58 bits per heavy atom. The number of nitrogens with one attached hydrogen (secondary N) is 2. The summed E-state index contributed by atoms with van der Waals surface area (Å²) in [5.74, 6) is -0.199. The van der Waals surface area contributed by atoms with Gasteiger partial charge in [-0.05, 0) is 30.7 Å². The first-order valence-electron chi connectivity index (χ1n) is 7.71. The Kier molecular flexibility index (Phi) is 7.04. The predicted octanol–water partition coefficient (Wildman–Crippen LogP) is 3.29. The molecule has 0 unspecified atom stereocenters. The zero-order valence-electron chi connectivity index (χ0n) is 13.5. The lowest BCUT2D eigenvalue weighted by Crippen LogP contribution is -2.34. The van der Waals surface area contributed by atoms with Crippen molar-refractivity contribution < 1.29 is 14.3 Å². The maximum atomic E-state index is 11.7. The highest BCUT2D eigenvalue weighted by atomic mass is 32.1. The summed E-state index contributed by atoms with van der Waals surface area (Å²) < 4.78 is 4.72. The number of alkyl carbamates (subject to hydrolysis) is 1. The van der Waals surface area contributed by atoms with Crippen LogP contribution in [0.3, 0.4) is 0 Å². The van der Waals surface area contributed by atoms with Gasteiger partial charge < -0.3 is 15.4 Å². The number of thiophene rings is 1. The van der Waals surface area contributed by atoms with Crippen molar-refractivity contribution in [3.63, 3.8) is 0 Å². The lowest BCUT2D eigenvalue weighted by molar-refractivity contribution is -0.116. The summed E-state index contributed by atoms with van der Waals surface area (Å²) in [5, 5.41) is 5.23. The first-order chi connectivity index (χ1) is 11.7. The molecule has 2 amide bonds. The third-order valence-corrected chi connectivity index (χ3v) is 4.15. The van der Waals surface area contributed by atoms with Crippen LogP contribution in [-0.2, 0) is 9.53 Å². The highest BCUT2D eigenvalue weighted by Gasteiger charge is 2.02. The molecule has 0 aliphatic carbocycles. The Morgan fingerprint density at radius 1 is 1.08 bits per heavy atom. The van der Waals surface area contributed by atoms with E-state index in [4.69, 9.17) is 4.74 Å². The fraction of sp³-hybridized carbons (Fsp3) is 0.222. The fourth-order valence-corrected chi connectivity index (χ4v) is 2.87. The van der Waals surface area contributed by atoms with Crippen LogP contribution in [0.15, 0.2) is 48.5 Å².